The van der Waals surface area contributed by atoms with E-state index in [1.54, 1.807) is 51.1 Å². The fraction of sp³-hybridized carbons (Fsp3) is 0.562. The van der Waals surface area contributed by atoms with Crippen LogP contribution in [0.5, 0.6) is 5.75 Å². The van der Waals surface area contributed by atoms with Crippen molar-refractivity contribution in [3.63, 3.8) is 0 Å². The van der Waals surface area contributed by atoms with E-state index in [-0.39, 0.29) is 36.0 Å². The van der Waals surface area contributed by atoms with Crippen LogP contribution in [0.25, 0.3) is 0 Å². The number of methoxy groups -OCH3 is 1. The number of amides is 1. The van der Waals surface area contributed by atoms with Gasteiger partial charge in [0.15, 0.2) is 11.6 Å². The van der Waals surface area contributed by atoms with E-state index >= 15 is 4.39 Å². The van der Waals surface area contributed by atoms with Crippen LogP contribution in [0.15, 0.2) is 42.5 Å². The van der Waals surface area contributed by atoms with E-state index in [0.717, 1.165) is 31.2 Å². The summed E-state index contributed by atoms with van der Waals surface area (Å²) in [7, 11) is 5.33. The average molecular weight is 573 g/mol. The van der Waals surface area contributed by atoms with Gasteiger partial charge in [-0.15, -0.1) is 0 Å². The molecule has 2 aromatic rings. The fourth-order valence-electron chi connectivity index (χ4n) is 6.19. The quantitative estimate of drug-likeness (QED) is 0.375. The van der Waals surface area contributed by atoms with Crippen LogP contribution in [0.1, 0.15) is 64.0 Å². The van der Waals surface area contributed by atoms with Crippen LogP contribution in [-0.4, -0.2) is 67.4 Å². The second kappa shape index (κ2) is 12.3. The van der Waals surface area contributed by atoms with E-state index in [0.29, 0.717) is 12.0 Å². The number of carbonyl (C=O) groups is 2. The van der Waals surface area contributed by atoms with E-state index in [4.69, 9.17) is 14.2 Å². The third kappa shape index (κ3) is 7.00. The molecule has 0 aromatic heterocycles. The van der Waals surface area contributed by atoms with E-state index in [2.05, 4.69) is 4.90 Å². The van der Waals surface area contributed by atoms with Gasteiger partial charge in [-0.1, -0.05) is 24.3 Å². The minimum atomic E-state index is -0.872. The first-order valence-electron chi connectivity index (χ1n) is 14.3. The first-order chi connectivity index (χ1) is 19.3. The van der Waals surface area contributed by atoms with Crippen molar-refractivity contribution in [2.24, 2.45) is 5.92 Å². The normalized spacial score (nSPS) is 24.8. The molecule has 2 aliphatic rings. The van der Waals surface area contributed by atoms with Crippen molar-refractivity contribution in [3.05, 3.63) is 65.2 Å². The van der Waals surface area contributed by atoms with Crippen LogP contribution in [0, 0.1) is 17.6 Å². The summed E-state index contributed by atoms with van der Waals surface area (Å²) in [6.07, 6.45) is 2.96. The Labute approximate surface area is 241 Å². The largest absolute Gasteiger partial charge is 0.485 e. The Hall–Kier alpha value is -3.20. The van der Waals surface area contributed by atoms with Crippen molar-refractivity contribution in [2.75, 3.05) is 27.7 Å². The molecule has 1 aliphatic heterocycles. The van der Waals surface area contributed by atoms with E-state index in [1.807, 2.05) is 20.2 Å². The molecule has 7 nitrogen and oxygen atoms in total. The Kier molecular flexibility index (Phi) is 9.26. The monoisotopic (exact) mass is 572 g/mol. The summed E-state index contributed by atoms with van der Waals surface area (Å²) in [4.78, 5) is 28.6. The summed E-state index contributed by atoms with van der Waals surface area (Å²) < 4.78 is 46.1. The molecule has 1 heterocycles. The van der Waals surface area contributed by atoms with E-state index < -0.39 is 35.6 Å². The molecule has 0 N–H and O–H groups in total. The van der Waals surface area contributed by atoms with E-state index in [9.17, 15) is 14.0 Å². The second-order valence-electron chi connectivity index (χ2n) is 12.5. The van der Waals surface area contributed by atoms with Crippen LogP contribution < -0.4 is 4.74 Å². The molecule has 2 fully saturated rings. The molecule has 4 rings (SSSR count). The number of hydrogen-bond donors (Lipinski definition) is 0. The Morgan fingerprint density at radius 2 is 1.76 bits per heavy atom. The van der Waals surface area contributed by atoms with Gasteiger partial charge in [0.25, 0.3) is 0 Å². The summed E-state index contributed by atoms with van der Waals surface area (Å²) >= 11 is 0. The van der Waals surface area contributed by atoms with Gasteiger partial charge in [-0.25, -0.2) is 18.4 Å². The van der Waals surface area contributed by atoms with E-state index in [1.165, 1.54) is 18.1 Å². The minimum Gasteiger partial charge on any atom is -0.485 e. The number of nitrogens with zero attached hydrogens (tertiary/aromatic N) is 2. The van der Waals surface area contributed by atoms with Crippen molar-refractivity contribution in [1.29, 1.82) is 0 Å². The average Bonchev–Trinajstić information content (AvgIpc) is 3.34. The van der Waals surface area contributed by atoms with Gasteiger partial charge in [0.05, 0.1) is 13.7 Å². The van der Waals surface area contributed by atoms with Gasteiger partial charge in [-0.2, -0.15) is 0 Å². The van der Waals surface area contributed by atoms with Gasteiger partial charge in [0.1, 0.15) is 23.6 Å². The highest BCUT2D eigenvalue weighted by atomic mass is 19.1. The number of halogens is 2. The summed E-state index contributed by atoms with van der Waals surface area (Å²) in [5, 5.41) is 0. The van der Waals surface area contributed by atoms with Gasteiger partial charge in [-0.3, -0.25) is 9.80 Å². The second-order valence-corrected chi connectivity index (χ2v) is 12.5. The molecule has 9 heteroatoms. The number of carbonyl (C=O) groups excluding carboxylic acids is 2. The van der Waals surface area contributed by atoms with Gasteiger partial charge < -0.3 is 14.2 Å². The number of ether oxygens (including phenoxy) is 3. The number of likely N-dealkylation sites (tertiary alicyclic amines) is 1. The molecular weight excluding hydrogens is 530 g/mol. The zero-order valence-electron chi connectivity index (χ0n) is 24.9. The minimum absolute atomic E-state index is 0.0771. The SMILES string of the molecule is COC(=O)[C@@H]1C[C@H](Oc2cccc(C[C@H]3CC[C@](c4cccc(F)c4)(N(C)C)CC3)c2F)CN1C(=O)OC(C)(C)C. The Balaban J connectivity index is 1.43. The lowest BCUT2D eigenvalue weighted by molar-refractivity contribution is -0.145. The molecule has 1 amide bonds. The third-order valence-electron chi connectivity index (χ3n) is 8.36. The van der Waals surface area contributed by atoms with Crippen LogP contribution in [-0.2, 0) is 26.2 Å². The van der Waals surface area contributed by atoms with Gasteiger partial charge in [-0.05, 0) is 102 Å². The lowest BCUT2D eigenvalue weighted by Gasteiger charge is -2.45. The number of benzene rings is 2. The molecule has 0 spiro atoms. The van der Waals surface area contributed by atoms with Crippen LogP contribution in [0.2, 0.25) is 0 Å². The predicted octanol–water partition coefficient (Wildman–Crippen LogP) is 6.08. The first kappa shape index (κ1) is 30.8. The van der Waals surface area contributed by atoms with Crippen molar-refractivity contribution in [3.8, 4) is 5.75 Å². The molecule has 224 valence electrons. The molecular formula is C32H42F2N2O5. The molecule has 0 radical (unpaired) electrons. The summed E-state index contributed by atoms with van der Waals surface area (Å²) in [5.41, 5.74) is 0.562. The zero-order valence-corrected chi connectivity index (χ0v) is 24.9. The highest BCUT2D eigenvalue weighted by molar-refractivity contribution is 5.82. The molecule has 1 saturated heterocycles. The topological polar surface area (TPSA) is 68.3 Å². The lowest BCUT2D eigenvalue weighted by Crippen LogP contribution is -2.44. The van der Waals surface area contributed by atoms with Crippen LogP contribution in [0.4, 0.5) is 13.6 Å². The number of esters is 1. The zero-order chi connectivity index (χ0) is 29.9. The summed E-state index contributed by atoms with van der Waals surface area (Å²) in [6.45, 7) is 5.32. The Morgan fingerprint density at radius 1 is 1.07 bits per heavy atom. The number of rotatable bonds is 7. The highest BCUT2D eigenvalue weighted by Gasteiger charge is 2.44. The standard InChI is InChI=1S/C32H42F2N2O5/c1-31(2,3)41-30(38)36-20-25(19-26(36)29(37)39-6)40-27-12-7-9-22(28(27)34)17-21-13-15-32(16-14-21,35(4)5)23-10-8-11-24(33)18-23/h7-12,18,21,25-26H,13-17,19-20H2,1-6H3/t21-,25-,26-,32-/m0/s1. The molecule has 0 unspecified atom stereocenters. The first-order valence-corrected chi connectivity index (χ1v) is 14.3. The molecule has 0 bridgehead atoms. The molecule has 1 saturated carbocycles. The van der Waals surface area contributed by atoms with Crippen molar-refractivity contribution in [2.45, 2.75) is 82.6 Å². The van der Waals surface area contributed by atoms with Gasteiger partial charge >= 0.3 is 12.1 Å². The molecule has 2 aromatic carbocycles. The van der Waals surface area contributed by atoms with Gasteiger partial charge in [0, 0.05) is 12.0 Å². The summed E-state index contributed by atoms with van der Waals surface area (Å²) in [6, 6.07) is 11.1. The third-order valence-corrected chi connectivity index (χ3v) is 8.36. The summed E-state index contributed by atoms with van der Waals surface area (Å²) in [5.74, 6) is -0.855. The molecule has 2 atom stereocenters. The van der Waals surface area contributed by atoms with Crippen molar-refractivity contribution < 1.29 is 32.6 Å². The smallest absolute Gasteiger partial charge is 0.411 e. The predicted molar refractivity (Wildman–Crippen MR) is 152 cm³/mol. The van der Waals surface area contributed by atoms with Crippen LogP contribution >= 0.6 is 0 Å². The Bertz CT molecular complexity index is 1240. The maximum atomic E-state index is 15.7. The maximum absolute atomic E-state index is 15.7. The lowest BCUT2D eigenvalue weighted by atomic mass is 9.70. The number of hydrogen-bond acceptors (Lipinski definition) is 6. The molecule has 1 aliphatic carbocycles. The maximum Gasteiger partial charge on any atom is 0.411 e. The van der Waals surface area contributed by atoms with Crippen molar-refractivity contribution >= 4 is 12.1 Å². The highest BCUT2D eigenvalue weighted by Crippen LogP contribution is 2.44. The van der Waals surface area contributed by atoms with Crippen LogP contribution in [0.3, 0.4) is 0 Å². The Morgan fingerprint density at radius 3 is 2.37 bits per heavy atom. The van der Waals surface area contributed by atoms with Crippen molar-refractivity contribution in [1.82, 2.24) is 9.80 Å². The molecule has 41 heavy (non-hydrogen) atoms. The fourth-order valence-corrected chi connectivity index (χ4v) is 6.19. The van der Waals surface area contributed by atoms with Gasteiger partial charge in [0.2, 0.25) is 0 Å².